The predicted molar refractivity (Wildman–Crippen MR) is 131 cm³/mol. The average Bonchev–Trinajstić information content (AvgIpc) is 2.77. The Balaban J connectivity index is 1.82. The first kappa shape index (κ1) is 24.8. The zero-order valence-corrected chi connectivity index (χ0v) is 20.9. The van der Waals surface area contributed by atoms with Crippen molar-refractivity contribution in [1.82, 2.24) is 0 Å². The Morgan fingerprint density at radius 2 is 1.70 bits per heavy atom. The molecule has 33 heavy (non-hydrogen) atoms. The van der Waals surface area contributed by atoms with Crippen LogP contribution in [0.3, 0.4) is 0 Å². The summed E-state index contributed by atoms with van der Waals surface area (Å²) in [4.78, 5) is 28.4. The molecule has 3 aromatic carbocycles. The molecule has 0 aliphatic rings. The molecule has 0 radical (unpaired) electrons. The Morgan fingerprint density at radius 3 is 2.30 bits per heavy atom. The Kier molecular flexibility index (Phi) is 8.12. The van der Waals surface area contributed by atoms with Gasteiger partial charge < -0.3 is 19.8 Å². The van der Waals surface area contributed by atoms with Gasteiger partial charge in [-0.1, -0.05) is 16.8 Å². The largest absolute Gasteiger partial charge is 0.507 e. The first-order chi connectivity index (χ1) is 15.7. The van der Waals surface area contributed by atoms with Crippen LogP contribution in [-0.2, 0) is 9.63 Å². The van der Waals surface area contributed by atoms with Crippen molar-refractivity contribution in [2.24, 2.45) is 5.16 Å². The van der Waals surface area contributed by atoms with Crippen molar-refractivity contribution < 1.29 is 29.4 Å². The topological polar surface area (TPSA) is 105 Å². The van der Waals surface area contributed by atoms with E-state index in [4.69, 9.17) is 26.3 Å². The molecule has 1 unspecified atom stereocenters. The van der Waals surface area contributed by atoms with Crippen molar-refractivity contribution in [3.63, 3.8) is 0 Å². The Morgan fingerprint density at radius 1 is 1.06 bits per heavy atom. The van der Waals surface area contributed by atoms with Gasteiger partial charge in [0.15, 0.2) is 11.5 Å². The summed E-state index contributed by atoms with van der Waals surface area (Å²) in [5, 5.41) is 23.2. The lowest BCUT2D eigenvalue weighted by atomic mass is 10.0. The molecule has 0 saturated carbocycles. The highest BCUT2D eigenvalue weighted by molar-refractivity contribution is 9.11. The van der Waals surface area contributed by atoms with E-state index < -0.39 is 12.1 Å². The predicted octanol–water partition coefficient (Wildman–Crippen LogP) is 6.42. The summed E-state index contributed by atoms with van der Waals surface area (Å²) in [7, 11) is 0. The molecule has 0 saturated heterocycles. The van der Waals surface area contributed by atoms with E-state index in [1.165, 1.54) is 31.3 Å². The highest BCUT2D eigenvalue weighted by Gasteiger charge is 2.17. The molecule has 2 N–H and O–H groups in total. The molecule has 0 heterocycles. The molecule has 1 atom stereocenters. The van der Waals surface area contributed by atoms with Crippen LogP contribution < -0.4 is 4.74 Å². The number of halogens is 3. The van der Waals surface area contributed by atoms with Crippen LogP contribution in [0.25, 0.3) is 0 Å². The van der Waals surface area contributed by atoms with Crippen LogP contribution in [0, 0.1) is 0 Å². The third-order valence-corrected chi connectivity index (χ3v) is 5.76. The Bertz CT molecular complexity index is 1210. The van der Waals surface area contributed by atoms with Crippen molar-refractivity contribution in [2.45, 2.75) is 13.0 Å². The standard InChI is InChI=1S/C23H16Br2ClNO6/c1-12(23(30)31)33-27-11-13-8-18(24)22(19(25)9-13)32-16-6-7-20(28)17(10-16)21(29)14-2-4-15(26)5-3-14/h2-12,28H,1H3,(H,30,31). The van der Waals surface area contributed by atoms with Crippen LogP contribution in [0.5, 0.6) is 17.2 Å². The highest BCUT2D eigenvalue weighted by atomic mass is 79.9. The van der Waals surface area contributed by atoms with Crippen LogP contribution in [0.15, 0.2) is 68.7 Å². The molecule has 3 rings (SSSR count). The number of hydrogen-bond donors (Lipinski definition) is 2. The number of rotatable bonds is 8. The number of benzene rings is 3. The summed E-state index contributed by atoms with van der Waals surface area (Å²) >= 11 is 12.7. The van der Waals surface area contributed by atoms with E-state index in [9.17, 15) is 14.7 Å². The van der Waals surface area contributed by atoms with Crippen LogP contribution in [0.4, 0.5) is 0 Å². The van der Waals surface area contributed by atoms with Gasteiger partial charge in [-0.25, -0.2) is 4.79 Å². The van der Waals surface area contributed by atoms with E-state index in [-0.39, 0.29) is 17.1 Å². The summed E-state index contributed by atoms with van der Waals surface area (Å²) in [5.41, 5.74) is 1.07. The molecular formula is C23H16Br2ClNO6. The number of hydrogen-bond acceptors (Lipinski definition) is 6. The van der Waals surface area contributed by atoms with E-state index >= 15 is 0 Å². The fourth-order valence-corrected chi connectivity index (χ4v) is 4.12. The highest BCUT2D eigenvalue weighted by Crippen LogP contribution is 2.38. The lowest BCUT2D eigenvalue weighted by molar-refractivity contribution is -0.149. The number of ketones is 1. The van der Waals surface area contributed by atoms with Crippen molar-refractivity contribution >= 4 is 61.4 Å². The fourth-order valence-electron chi connectivity index (χ4n) is 2.61. The molecule has 0 bridgehead atoms. The van der Waals surface area contributed by atoms with Gasteiger partial charge in [0.1, 0.15) is 11.5 Å². The summed E-state index contributed by atoms with van der Waals surface area (Å²) in [6.07, 6.45) is 0.289. The molecule has 3 aromatic rings. The van der Waals surface area contributed by atoms with E-state index in [2.05, 4.69) is 37.0 Å². The monoisotopic (exact) mass is 595 g/mol. The van der Waals surface area contributed by atoms with E-state index in [0.29, 0.717) is 36.6 Å². The minimum Gasteiger partial charge on any atom is -0.507 e. The summed E-state index contributed by atoms with van der Waals surface area (Å²) in [6.45, 7) is 1.37. The molecule has 0 fully saturated rings. The van der Waals surface area contributed by atoms with Crippen LogP contribution >= 0.6 is 43.5 Å². The summed E-state index contributed by atoms with van der Waals surface area (Å²) in [5.74, 6) is -0.937. The summed E-state index contributed by atoms with van der Waals surface area (Å²) < 4.78 is 7.06. The van der Waals surface area contributed by atoms with Crippen molar-refractivity contribution in [2.75, 3.05) is 0 Å². The number of oxime groups is 1. The minimum atomic E-state index is -1.12. The summed E-state index contributed by atoms with van der Waals surface area (Å²) in [6, 6.07) is 14.1. The van der Waals surface area contributed by atoms with Crippen LogP contribution in [-0.4, -0.2) is 34.3 Å². The second kappa shape index (κ2) is 10.8. The second-order valence-electron chi connectivity index (χ2n) is 6.75. The van der Waals surface area contributed by atoms with E-state index in [1.54, 1.807) is 36.4 Å². The van der Waals surface area contributed by atoms with Crippen molar-refractivity contribution in [3.05, 3.63) is 85.3 Å². The number of nitrogens with zero attached hydrogens (tertiary/aromatic N) is 1. The maximum atomic E-state index is 12.8. The van der Waals surface area contributed by atoms with Crippen molar-refractivity contribution in [3.8, 4) is 17.2 Å². The quantitative estimate of drug-likeness (QED) is 0.177. The Labute approximate surface area is 210 Å². The van der Waals surface area contributed by atoms with Gasteiger partial charge in [-0.15, -0.1) is 0 Å². The van der Waals surface area contributed by atoms with Gasteiger partial charge in [0, 0.05) is 10.6 Å². The number of carbonyl (C=O) groups is 2. The second-order valence-corrected chi connectivity index (χ2v) is 8.90. The van der Waals surface area contributed by atoms with E-state index in [0.717, 1.165) is 0 Å². The van der Waals surface area contributed by atoms with Gasteiger partial charge in [0.2, 0.25) is 6.10 Å². The molecule has 0 aliphatic heterocycles. The average molecular weight is 598 g/mol. The molecular weight excluding hydrogens is 582 g/mol. The molecule has 0 aliphatic carbocycles. The zero-order valence-electron chi connectivity index (χ0n) is 17.0. The normalized spacial score (nSPS) is 11.9. The fraction of sp³-hybridized carbons (Fsp3) is 0.0870. The Hall–Kier alpha value is -2.88. The molecule has 0 spiro atoms. The van der Waals surface area contributed by atoms with Gasteiger partial charge in [0.05, 0.1) is 20.7 Å². The molecule has 7 nitrogen and oxygen atoms in total. The first-order valence-corrected chi connectivity index (χ1v) is 11.3. The zero-order chi connectivity index (χ0) is 24.1. The molecule has 10 heteroatoms. The maximum Gasteiger partial charge on any atom is 0.347 e. The van der Waals surface area contributed by atoms with Crippen molar-refractivity contribution in [1.29, 1.82) is 0 Å². The van der Waals surface area contributed by atoms with Gasteiger partial charge >= 0.3 is 5.97 Å². The third-order valence-electron chi connectivity index (χ3n) is 4.33. The van der Waals surface area contributed by atoms with Gasteiger partial charge in [0.25, 0.3) is 0 Å². The lowest BCUT2D eigenvalue weighted by Crippen LogP contribution is -2.17. The smallest absolute Gasteiger partial charge is 0.347 e. The number of phenols is 1. The number of carboxylic acids is 1. The number of aromatic hydroxyl groups is 1. The number of aliphatic carboxylic acids is 1. The van der Waals surface area contributed by atoms with Gasteiger partial charge in [-0.05, 0) is 98.9 Å². The molecule has 0 amide bonds. The first-order valence-electron chi connectivity index (χ1n) is 9.38. The van der Waals surface area contributed by atoms with Gasteiger partial charge in [-0.2, -0.15) is 0 Å². The van der Waals surface area contributed by atoms with E-state index in [1.807, 2.05) is 0 Å². The third kappa shape index (κ3) is 6.34. The minimum absolute atomic E-state index is 0.0792. The molecule has 0 aromatic heterocycles. The number of phenolic OH excluding ortho intramolecular Hbond substituents is 1. The van der Waals surface area contributed by atoms with Crippen LogP contribution in [0.1, 0.15) is 28.4 Å². The van der Waals surface area contributed by atoms with Crippen LogP contribution in [0.2, 0.25) is 5.02 Å². The number of carbonyl (C=O) groups excluding carboxylic acids is 1. The number of ether oxygens (including phenoxy) is 1. The maximum absolute atomic E-state index is 12.8. The van der Waals surface area contributed by atoms with Gasteiger partial charge in [-0.3, -0.25) is 4.79 Å². The SMILES string of the molecule is CC(ON=Cc1cc(Br)c(Oc2ccc(O)c(C(=O)c3ccc(Cl)cc3)c2)c(Br)c1)C(=O)O. The number of carboxylic acid groups (broad SMARTS) is 1. The molecule has 170 valence electrons. The lowest BCUT2D eigenvalue weighted by Gasteiger charge is -2.13.